The molecule has 232 valence electrons. The van der Waals surface area contributed by atoms with Crippen LogP contribution in [0.25, 0.3) is 0 Å². The second-order valence-corrected chi connectivity index (χ2v) is 10.7. The third-order valence-corrected chi connectivity index (χ3v) is 6.99. The van der Waals surface area contributed by atoms with Crippen LogP contribution in [-0.4, -0.2) is 98.1 Å². The van der Waals surface area contributed by atoms with Gasteiger partial charge in [0.15, 0.2) is 11.5 Å². The number of rotatable bonds is 14. The molecule has 0 aromatic heterocycles. The van der Waals surface area contributed by atoms with Crippen LogP contribution in [0.4, 0.5) is 0 Å². The molecule has 0 amide bonds. The Hall–Kier alpha value is -3.70. The van der Waals surface area contributed by atoms with Gasteiger partial charge in [-0.1, -0.05) is 0 Å². The number of hydrogen-bond acceptors (Lipinski definition) is 11. The van der Waals surface area contributed by atoms with E-state index in [1.807, 2.05) is 12.1 Å². The highest BCUT2D eigenvalue weighted by Gasteiger charge is 2.32. The molecular weight excluding hydrogens is 544 g/mol. The Morgan fingerprint density at radius 1 is 0.667 bits per heavy atom. The summed E-state index contributed by atoms with van der Waals surface area (Å²) < 4.78 is 40.0. The van der Waals surface area contributed by atoms with Crippen molar-refractivity contribution in [1.29, 1.82) is 0 Å². The number of ether oxygens (including phenoxy) is 7. The number of carbonyl (C=O) groups excluding carboxylic acids is 2. The summed E-state index contributed by atoms with van der Waals surface area (Å²) in [6.07, 6.45) is 3.62. The van der Waals surface area contributed by atoms with Gasteiger partial charge >= 0.3 is 11.9 Å². The Morgan fingerprint density at radius 3 is 1.48 bits per heavy atom. The summed E-state index contributed by atoms with van der Waals surface area (Å²) in [4.78, 5) is 29.0. The highest BCUT2D eigenvalue weighted by Crippen LogP contribution is 2.52. The lowest BCUT2D eigenvalue weighted by Crippen LogP contribution is -2.27. The molecule has 0 unspecified atom stereocenters. The summed E-state index contributed by atoms with van der Waals surface area (Å²) in [5.74, 6) is 2.50. The Kier molecular flexibility index (Phi) is 12.1. The maximum Gasteiger partial charge on any atom is 0.325 e. The number of carbonyl (C=O) groups is 2. The smallest absolute Gasteiger partial charge is 0.325 e. The summed E-state index contributed by atoms with van der Waals surface area (Å²) in [5.41, 5.74) is 1.57. The molecule has 1 aliphatic rings. The average molecular weight is 589 g/mol. The van der Waals surface area contributed by atoms with Gasteiger partial charge in [-0.15, -0.1) is 0 Å². The number of nitrogens with zero attached hydrogens (tertiary/aromatic N) is 2. The molecule has 0 fully saturated rings. The summed E-state index contributed by atoms with van der Waals surface area (Å²) in [6.45, 7) is 0.684. The van der Waals surface area contributed by atoms with Crippen LogP contribution in [0.5, 0.6) is 40.2 Å². The van der Waals surface area contributed by atoms with Crippen molar-refractivity contribution >= 4 is 11.9 Å². The van der Waals surface area contributed by atoms with Gasteiger partial charge in [0.25, 0.3) is 0 Å². The SMILES string of the molecule is COc1cc(OC)cc(OCCC2CCc3c(c(OC(=O)CN(C)C)c(OC)c(OC)c3OC(=O)CN(C)C)CC2)c1. The molecule has 3 rings (SSSR count). The summed E-state index contributed by atoms with van der Waals surface area (Å²) in [7, 11) is 13.3. The minimum absolute atomic E-state index is 0.0921. The molecule has 0 saturated heterocycles. The van der Waals surface area contributed by atoms with Gasteiger partial charge in [-0.25, -0.2) is 0 Å². The van der Waals surface area contributed by atoms with Crippen molar-refractivity contribution in [3.63, 3.8) is 0 Å². The molecule has 42 heavy (non-hydrogen) atoms. The van der Waals surface area contributed by atoms with Gasteiger partial charge < -0.3 is 33.2 Å². The quantitative estimate of drug-likeness (QED) is 0.184. The standard InChI is InChI=1S/C31H44N2O9/c1-32(2)18-26(34)41-28-24-11-9-20(13-14-40-23-16-21(36-5)15-22(17-23)37-6)10-12-25(24)29(31(39-8)30(28)38-7)42-27(35)19-33(3)4/h15-17,20H,9-14,18-19H2,1-8H3. The Morgan fingerprint density at radius 2 is 1.10 bits per heavy atom. The molecular formula is C31H44N2O9. The third-order valence-electron chi connectivity index (χ3n) is 6.99. The van der Waals surface area contributed by atoms with Gasteiger partial charge in [0.1, 0.15) is 17.2 Å². The van der Waals surface area contributed by atoms with Crippen LogP contribution in [0.15, 0.2) is 18.2 Å². The Labute approximate surface area is 248 Å². The van der Waals surface area contributed by atoms with E-state index in [2.05, 4.69) is 0 Å². The lowest BCUT2D eigenvalue weighted by molar-refractivity contribution is -0.136. The number of likely N-dealkylation sites (N-methyl/N-ethyl adjacent to an activating group) is 2. The zero-order valence-electron chi connectivity index (χ0n) is 26.0. The Balaban J connectivity index is 1.90. The van der Waals surface area contributed by atoms with E-state index in [9.17, 15) is 9.59 Å². The molecule has 0 radical (unpaired) electrons. The van der Waals surface area contributed by atoms with Gasteiger partial charge in [-0.3, -0.25) is 19.4 Å². The first-order valence-corrected chi connectivity index (χ1v) is 14.0. The molecule has 11 heteroatoms. The van der Waals surface area contributed by atoms with E-state index in [1.165, 1.54) is 14.2 Å². The predicted molar refractivity (Wildman–Crippen MR) is 158 cm³/mol. The predicted octanol–water partition coefficient (Wildman–Crippen LogP) is 3.62. The van der Waals surface area contributed by atoms with Crippen molar-refractivity contribution in [2.45, 2.75) is 32.1 Å². The molecule has 11 nitrogen and oxygen atoms in total. The van der Waals surface area contributed by atoms with E-state index in [4.69, 9.17) is 33.2 Å². The molecule has 0 heterocycles. The number of hydrogen-bond donors (Lipinski definition) is 0. The lowest BCUT2D eigenvalue weighted by atomic mass is 9.96. The lowest BCUT2D eigenvalue weighted by Gasteiger charge is -2.23. The van der Waals surface area contributed by atoms with E-state index in [1.54, 1.807) is 58.3 Å². The first-order chi connectivity index (χ1) is 20.1. The molecule has 0 saturated carbocycles. The van der Waals surface area contributed by atoms with Crippen molar-refractivity contribution in [3.8, 4) is 40.2 Å². The fourth-order valence-electron chi connectivity index (χ4n) is 5.02. The largest absolute Gasteiger partial charge is 0.496 e. The van der Waals surface area contributed by atoms with Crippen LogP contribution < -0.4 is 33.2 Å². The number of methoxy groups -OCH3 is 4. The first-order valence-electron chi connectivity index (χ1n) is 14.0. The number of esters is 2. The van der Waals surface area contributed by atoms with E-state index >= 15 is 0 Å². The van der Waals surface area contributed by atoms with Crippen LogP contribution >= 0.6 is 0 Å². The monoisotopic (exact) mass is 588 g/mol. The van der Waals surface area contributed by atoms with Crippen molar-refractivity contribution < 1.29 is 42.7 Å². The summed E-state index contributed by atoms with van der Waals surface area (Å²) >= 11 is 0. The van der Waals surface area contributed by atoms with Gasteiger partial charge in [0, 0.05) is 29.3 Å². The topological polar surface area (TPSA) is 105 Å². The van der Waals surface area contributed by atoms with Crippen molar-refractivity contribution in [1.82, 2.24) is 9.80 Å². The Bertz CT molecular complexity index is 1140. The van der Waals surface area contributed by atoms with Crippen LogP contribution in [0.2, 0.25) is 0 Å². The van der Waals surface area contributed by atoms with Gasteiger partial charge in [-0.2, -0.15) is 0 Å². The van der Waals surface area contributed by atoms with Crippen molar-refractivity contribution in [2.75, 3.05) is 76.3 Å². The average Bonchev–Trinajstić information content (AvgIpc) is 3.15. The normalized spacial score (nSPS) is 13.3. The first kappa shape index (κ1) is 32.8. The summed E-state index contributed by atoms with van der Waals surface area (Å²) in [5, 5.41) is 0. The van der Waals surface area contributed by atoms with Gasteiger partial charge in [0.05, 0.1) is 48.1 Å². The second kappa shape index (κ2) is 15.5. The number of benzene rings is 2. The van der Waals surface area contributed by atoms with Crippen molar-refractivity contribution in [2.24, 2.45) is 5.92 Å². The molecule has 2 aromatic rings. The van der Waals surface area contributed by atoms with E-state index in [-0.39, 0.29) is 24.6 Å². The zero-order chi connectivity index (χ0) is 30.8. The molecule has 0 spiro atoms. The highest BCUT2D eigenvalue weighted by atomic mass is 16.6. The zero-order valence-corrected chi connectivity index (χ0v) is 26.0. The van der Waals surface area contributed by atoms with E-state index in [0.29, 0.717) is 54.1 Å². The molecule has 0 N–H and O–H groups in total. The maximum atomic E-state index is 12.8. The molecule has 2 aromatic carbocycles. The van der Waals surface area contributed by atoms with Gasteiger partial charge in [0.2, 0.25) is 11.5 Å². The fraction of sp³-hybridized carbons (Fsp3) is 0.548. The third kappa shape index (κ3) is 8.65. The van der Waals surface area contributed by atoms with Crippen LogP contribution in [-0.2, 0) is 22.4 Å². The minimum Gasteiger partial charge on any atom is -0.496 e. The second-order valence-electron chi connectivity index (χ2n) is 10.7. The molecule has 0 bridgehead atoms. The molecule has 1 aliphatic carbocycles. The molecule has 0 atom stereocenters. The highest BCUT2D eigenvalue weighted by molar-refractivity contribution is 5.81. The van der Waals surface area contributed by atoms with Crippen LogP contribution in [0, 0.1) is 5.92 Å². The summed E-state index contributed by atoms with van der Waals surface area (Å²) in [6, 6.07) is 5.45. The van der Waals surface area contributed by atoms with E-state index in [0.717, 1.165) is 30.4 Å². The molecule has 0 aliphatic heterocycles. The fourth-order valence-corrected chi connectivity index (χ4v) is 5.02. The van der Waals surface area contributed by atoms with Crippen LogP contribution in [0.1, 0.15) is 30.4 Å². The van der Waals surface area contributed by atoms with Crippen molar-refractivity contribution in [3.05, 3.63) is 29.3 Å². The van der Waals surface area contributed by atoms with Gasteiger partial charge in [-0.05, 0) is 66.2 Å². The number of fused-ring (bicyclic) bond motifs is 1. The van der Waals surface area contributed by atoms with Crippen LogP contribution in [0.3, 0.4) is 0 Å². The van der Waals surface area contributed by atoms with E-state index < -0.39 is 11.9 Å². The maximum absolute atomic E-state index is 12.8. The minimum atomic E-state index is -0.428.